The van der Waals surface area contributed by atoms with Gasteiger partial charge >= 0.3 is 0 Å². The van der Waals surface area contributed by atoms with Crippen LogP contribution in [0.2, 0.25) is 0 Å². The standard InChI is InChI=1S/C23H15BrN4O2S/c1-13-6-5-9-18(25-13)27-23-28(15-7-3-2-4-8-15)22(30)20(31-23)19-16-12-14(24)10-11-17(16)26-21(19)29/h2-12,30H,1H3/b27-23+. The molecule has 1 N–H and O–H groups in total. The number of fused-ring (bicyclic) bond motifs is 1. The van der Waals surface area contributed by atoms with Crippen LogP contribution in [0.4, 0.5) is 5.82 Å². The lowest BCUT2D eigenvalue weighted by molar-refractivity contribution is -0.112. The molecular formula is C23H15BrN4O2S. The fourth-order valence-electron chi connectivity index (χ4n) is 3.42. The average molecular weight is 491 g/mol. The highest BCUT2D eigenvalue weighted by Crippen LogP contribution is 2.31. The van der Waals surface area contributed by atoms with E-state index in [0.717, 1.165) is 15.9 Å². The number of pyridine rings is 1. The van der Waals surface area contributed by atoms with Crippen molar-refractivity contribution in [2.75, 3.05) is 0 Å². The van der Waals surface area contributed by atoms with E-state index in [1.165, 1.54) is 11.3 Å². The van der Waals surface area contributed by atoms with E-state index in [2.05, 4.69) is 30.9 Å². The van der Waals surface area contributed by atoms with Gasteiger partial charge in [-0.1, -0.05) is 51.5 Å². The molecule has 2 aromatic heterocycles. The molecule has 4 aromatic rings. The van der Waals surface area contributed by atoms with E-state index >= 15 is 0 Å². The number of halogens is 1. The Morgan fingerprint density at radius 3 is 2.65 bits per heavy atom. The van der Waals surface area contributed by atoms with Crippen LogP contribution in [0.5, 0.6) is 5.88 Å². The number of nitrogens with zero attached hydrogens (tertiary/aromatic N) is 4. The van der Waals surface area contributed by atoms with E-state index in [0.29, 0.717) is 31.6 Å². The summed E-state index contributed by atoms with van der Waals surface area (Å²) in [5.74, 6) is 0.0760. The molecule has 0 atom stereocenters. The molecule has 2 aromatic carbocycles. The van der Waals surface area contributed by atoms with Crippen molar-refractivity contribution in [2.24, 2.45) is 9.98 Å². The van der Waals surface area contributed by atoms with Crippen LogP contribution in [0, 0.1) is 6.92 Å². The highest BCUT2D eigenvalue weighted by molar-refractivity contribution is 9.10. The molecule has 1 aliphatic rings. The number of hydrogen-bond acceptors (Lipinski definition) is 5. The van der Waals surface area contributed by atoms with E-state index in [-0.39, 0.29) is 11.8 Å². The predicted octanol–water partition coefficient (Wildman–Crippen LogP) is 3.30. The zero-order valence-corrected chi connectivity index (χ0v) is 18.7. The van der Waals surface area contributed by atoms with Crippen LogP contribution in [0.3, 0.4) is 0 Å². The summed E-state index contributed by atoms with van der Waals surface area (Å²) < 4.78 is 2.45. The molecule has 0 radical (unpaired) electrons. The van der Waals surface area contributed by atoms with Gasteiger partial charge in [0.1, 0.15) is 4.88 Å². The van der Waals surface area contributed by atoms with Gasteiger partial charge < -0.3 is 5.11 Å². The Hall–Kier alpha value is -3.36. The third-order valence-electron chi connectivity index (χ3n) is 4.79. The summed E-state index contributed by atoms with van der Waals surface area (Å²) in [6, 6.07) is 20.4. The van der Waals surface area contributed by atoms with Crippen LogP contribution in [-0.4, -0.2) is 20.6 Å². The van der Waals surface area contributed by atoms with Gasteiger partial charge in [0.15, 0.2) is 10.6 Å². The number of carbonyl (C=O) groups excluding carboxylic acids is 1. The van der Waals surface area contributed by atoms with Crippen molar-refractivity contribution < 1.29 is 9.90 Å². The molecule has 1 aliphatic heterocycles. The van der Waals surface area contributed by atoms with Gasteiger partial charge in [0.25, 0.3) is 5.91 Å². The highest BCUT2D eigenvalue weighted by Gasteiger charge is 2.26. The maximum atomic E-state index is 12.8. The number of hydrogen-bond donors (Lipinski definition) is 1. The number of aromatic hydroxyl groups is 1. The zero-order valence-electron chi connectivity index (χ0n) is 16.3. The molecule has 0 saturated carbocycles. The number of aryl methyl sites for hydroxylation is 1. The molecule has 6 nitrogen and oxygen atoms in total. The van der Waals surface area contributed by atoms with Crippen molar-refractivity contribution in [3.05, 3.63) is 97.2 Å². The minimum absolute atomic E-state index is 0.0611. The molecule has 0 unspecified atom stereocenters. The number of rotatable bonds is 3. The van der Waals surface area contributed by atoms with Crippen molar-refractivity contribution in [3.63, 3.8) is 0 Å². The van der Waals surface area contributed by atoms with E-state index in [1.807, 2.05) is 61.5 Å². The molecule has 3 heterocycles. The lowest BCUT2D eigenvalue weighted by Crippen LogP contribution is -2.22. The number of thiazole rings is 1. The first kappa shape index (κ1) is 19.6. The summed E-state index contributed by atoms with van der Waals surface area (Å²) in [7, 11) is 0. The summed E-state index contributed by atoms with van der Waals surface area (Å²) in [5.41, 5.74) is 1.93. The maximum Gasteiger partial charge on any atom is 0.279 e. The maximum absolute atomic E-state index is 12.8. The zero-order chi connectivity index (χ0) is 21.5. The van der Waals surface area contributed by atoms with E-state index in [9.17, 15) is 9.90 Å². The molecule has 0 fully saturated rings. The number of amides is 1. The quantitative estimate of drug-likeness (QED) is 0.478. The van der Waals surface area contributed by atoms with Crippen LogP contribution in [0.1, 0.15) is 10.6 Å². The molecular weight excluding hydrogens is 476 g/mol. The number of carbonyl (C=O) groups is 1. The number of para-hydroxylation sites is 1. The molecule has 31 heavy (non-hydrogen) atoms. The molecule has 152 valence electrons. The lowest BCUT2D eigenvalue weighted by Gasteiger charge is -2.05. The van der Waals surface area contributed by atoms with Gasteiger partial charge in [-0.2, -0.15) is 0 Å². The van der Waals surface area contributed by atoms with Crippen LogP contribution in [0.25, 0.3) is 11.3 Å². The SMILES string of the molecule is Cc1cccc(/N=c2/sc(C3=c4cc(Br)ccc4=NC3=O)c(O)n2-c2ccccc2)n1. The van der Waals surface area contributed by atoms with Crippen molar-refractivity contribution in [2.45, 2.75) is 6.92 Å². The molecule has 1 amide bonds. The second kappa shape index (κ2) is 7.72. The van der Waals surface area contributed by atoms with Crippen LogP contribution in [-0.2, 0) is 4.79 Å². The summed E-state index contributed by atoms with van der Waals surface area (Å²) in [6.07, 6.45) is 0. The third-order valence-corrected chi connectivity index (χ3v) is 6.33. The Morgan fingerprint density at radius 1 is 1.06 bits per heavy atom. The highest BCUT2D eigenvalue weighted by atomic mass is 79.9. The normalized spacial score (nSPS) is 13.4. The smallest absolute Gasteiger partial charge is 0.279 e. The van der Waals surface area contributed by atoms with Crippen LogP contribution < -0.4 is 15.4 Å². The van der Waals surface area contributed by atoms with Crippen molar-refractivity contribution in [1.82, 2.24) is 9.55 Å². The van der Waals surface area contributed by atoms with Gasteiger partial charge in [-0.25, -0.2) is 15.0 Å². The predicted molar refractivity (Wildman–Crippen MR) is 122 cm³/mol. The summed E-state index contributed by atoms with van der Waals surface area (Å²) in [4.78, 5) is 27.0. The fraction of sp³-hybridized carbons (Fsp3) is 0.0435. The van der Waals surface area contributed by atoms with Crippen molar-refractivity contribution in [3.8, 4) is 11.6 Å². The first-order valence-corrected chi connectivity index (χ1v) is 11.0. The van der Waals surface area contributed by atoms with E-state index < -0.39 is 0 Å². The average Bonchev–Trinajstić information content (AvgIpc) is 3.23. The molecule has 0 saturated heterocycles. The van der Waals surface area contributed by atoms with Gasteiger partial charge in [-0.05, 0) is 49.4 Å². The van der Waals surface area contributed by atoms with Crippen LogP contribution in [0.15, 0.2) is 81.2 Å². The fourth-order valence-corrected chi connectivity index (χ4v) is 4.86. The Kier molecular flexibility index (Phi) is 4.88. The number of aromatic nitrogens is 2. The minimum atomic E-state index is -0.384. The Labute approximate surface area is 189 Å². The molecule has 5 rings (SSSR count). The molecule has 0 bridgehead atoms. The topological polar surface area (TPSA) is 79.8 Å². The van der Waals surface area contributed by atoms with E-state index in [4.69, 9.17) is 0 Å². The largest absolute Gasteiger partial charge is 0.493 e. The van der Waals surface area contributed by atoms with Gasteiger partial charge in [0, 0.05) is 15.4 Å². The van der Waals surface area contributed by atoms with Gasteiger partial charge in [-0.15, -0.1) is 0 Å². The monoisotopic (exact) mass is 490 g/mol. The van der Waals surface area contributed by atoms with E-state index in [1.54, 1.807) is 16.7 Å². The second-order valence-corrected chi connectivity index (χ2v) is 8.80. The summed E-state index contributed by atoms with van der Waals surface area (Å²) in [6.45, 7) is 1.89. The second-order valence-electron chi connectivity index (χ2n) is 6.91. The molecule has 0 aliphatic carbocycles. The number of benzene rings is 2. The molecule has 0 spiro atoms. The van der Waals surface area contributed by atoms with Crippen LogP contribution >= 0.6 is 27.3 Å². The minimum Gasteiger partial charge on any atom is -0.493 e. The van der Waals surface area contributed by atoms with Gasteiger partial charge in [-0.3, -0.25) is 9.36 Å². The first-order valence-electron chi connectivity index (χ1n) is 9.43. The Bertz CT molecular complexity index is 1540. The van der Waals surface area contributed by atoms with Gasteiger partial charge in [0.05, 0.1) is 16.6 Å². The lowest BCUT2D eigenvalue weighted by atomic mass is 10.1. The summed E-state index contributed by atoms with van der Waals surface area (Å²) in [5, 5.41) is 12.5. The third kappa shape index (κ3) is 3.54. The first-order chi connectivity index (χ1) is 15.0. The van der Waals surface area contributed by atoms with Crippen molar-refractivity contribution in [1.29, 1.82) is 0 Å². The molecule has 8 heteroatoms. The Balaban J connectivity index is 1.84. The Morgan fingerprint density at radius 2 is 1.87 bits per heavy atom. The van der Waals surface area contributed by atoms with Gasteiger partial charge in [0.2, 0.25) is 5.88 Å². The van der Waals surface area contributed by atoms with Crippen molar-refractivity contribution >= 4 is 44.6 Å². The summed E-state index contributed by atoms with van der Waals surface area (Å²) >= 11 is 4.68.